The third-order valence-corrected chi connectivity index (χ3v) is 4.08. The first kappa shape index (κ1) is 16.6. The van der Waals surface area contributed by atoms with Crippen LogP contribution in [0.4, 0.5) is 5.69 Å². The fourth-order valence-electron chi connectivity index (χ4n) is 1.76. The van der Waals surface area contributed by atoms with Gasteiger partial charge >= 0.3 is 0 Å². The first-order valence-corrected chi connectivity index (χ1v) is 8.09. The Morgan fingerprint density at radius 2 is 1.68 bits per heavy atom. The Hall–Kier alpha value is -1.72. The first-order valence-electron chi connectivity index (χ1n) is 6.51. The highest BCUT2D eigenvalue weighted by Gasteiger charge is 2.05. The molecule has 0 aliphatic carbocycles. The van der Waals surface area contributed by atoms with Gasteiger partial charge in [0.25, 0.3) is 0 Å². The lowest BCUT2D eigenvalue weighted by atomic mass is 10.1. The van der Waals surface area contributed by atoms with E-state index in [0.717, 1.165) is 14.5 Å². The molecule has 0 saturated carbocycles. The Labute approximate surface area is 145 Å². The quantitative estimate of drug-likeness (QED) is 0.562. The van der Waals surface area contributed by atoms with Crippen molar-refractivity contribution in [1.82, 2.24) is 0 Å². The zero-order valence-corrected chi connectivity index (χ0v) is 14.9. The molecule has 1 amide bonds. The summed E-state index contributed by atoms with van der Waals surface area (Å²) >= 11 is 6.70. The van der Waals surface area contributed by atoms with E-state index >= 15 is 0 Å². The van der Waals surface area contributed by atoms with Crippen LogP contribution in [0.2, 0.25) is 0 Å². The summed E-state index contributed by atoms with van der Waals surface area (Å²) in [5.41, 5.74) is 2.28. The maximum Gasteiger partial charge on any atom is 0.248 e. The molecule has 112 valence electrons. The van der Waals surface area contributed by atoms with Crippen molar-refractivity contribution in [3.05, 3.63) is 74.7 Å². The molecule has 0 aromatic heterocycles. The van der Waals surface area contributed by atoms with E-state index in [0.29, 0.717) is 11.3 Å². The molecule has 2 aromatic carbocycles. The molecule has 3 nitrogen and oxygen atoms in total. The monoisotopic (exact) mass is 421 g/mol. The van der Waals surface area contributed by atoms with Crippen LogP contribution in [0.1, 0.15) is 15.9 Å². The number of hydrogen-bond acceptors (Lipinski definition) is 2. The van der Waals surface area contributed by atoms with Crippen LogP contribution in [0.3, 0.4) is 0 Å². The molecular weight excluding hydrogens is 410 g/mol. The van der Waals surface area contributed by atoms with E-state index in [1.807, 2.05) is 25.1 Å². The number of anilines is 1. The molecule has 0 aliphatic rings. The van der Waals surface area contributed by atoms with Crippen molar-refractivity contribution < 1.29 is 9.59 Å². The van der Waals surface area contributed by atoms with Crippen molar-refractivity contribution in [2.24, 2.45) is 0 Å². The number of ketones is 1. The highest BCUT2D eigenvalue weighted by Crippen LogP contribution is 2.23. The van der Waals surface area contributed by atoms with Gasteiger partial charge in [-0.2, -0.15) is 0 Å². The van der Waals surface area contributed by atoms with Gasteiger partial charge in [-0.25, -0.2) is 0 Å². The largest absolute Gasteiger partial charge is 0.321 e. The number of carbonyl (C=O) groups excluding carboxylic acids is 2. The van der Waals surface area contributed by atoms with E-state index in [9.17, 15) is 9.59 Å². The molecule has 22 heavy (non-hydrogen) atoms. The summed E-state index contributed by atoms with van der Waals surface area (Å²) in [6.07, 6.45) is 2.50. The predicted molar refractivity (Wildman–Crippen MR) is 95.1 cm³/mol. The van der Waals surface area contributed by atoms with E-state index in [-0.39, 0.29) is 11.7 Å². The lowest BCUT2D eigenvalue weighted by Crippen LogP contribution is -2.09. The molecule has 5 heteroatoms. The van der Waals surface area contributed by atoms with Gasteiger partial charge in [0.2, 0.25) is 5.91 Å². The maximum atomic E-state index is 11.9. The van der Waals surface area contributed by atoms with Gasteiger partial charge in [-0.1, -0.05) is 22.0 Å². The smallest absolute Gasteiger partial charge is 0.248 e. The van der Waals surface area contributed by atoms with Crippen LogP contribution in [0.15, 0.2) is 63.6 Å². The van der Waals surface area contributed by atoms with Gasteiger partial charge in [0.05, 0.1) is 5.69 Å². The van der Waals surface area contributed by atoms with E-state index in [4.69, 9.17) is 0 Å². The molecule has 0 atom stereocenters. The number of carbonyl (C=O) groups is 2. The van der Waals surface area contributed by atoms with Crippen molar-refractivity contribution in [2.75, 3.05) is 5.32 Å². The third-order valence-electron chi connectivity index (χ3n) is 2.90. The molecular formula is C17H13Br2NO2. The van der Waals surface area contributed by atoms with Crippen LogP contribution in [0.25, 0.3) is 0 Å². The van der Waals surface area contributed by atoms with Crippen molar-refractivity contribution in [3.8, 4) is 0 Å². The third kappa shape index (κ3) is 4.64. The van der Waals surface area contributed by atoms with Gasteiger partial charge in [0.1, 0.15) is 0 Å². The number of halogens is 2. The van der Waals surface area contributed by atoms with Gasteiger partial charge in [-0.3, -0.25) is 9.59 Å². The predicted octanol–water partition coefficient (Wildman–Crippen LogP) is 4.90. The Bertz CT molecular complexity index is 737. The maximum absolute atomic E-state index is 11.9. The van der Waals surface area contributed by atoms with Crippen LogP contribution in [0.5, 0.6) is 0 Å². The number of benzene rings is 2. The number of rotatable bonds is 4. The van der Waals surface area contributed by atoms with Crippen molar-refractivity contribution >= 4 is 49.2 Å². The molecule has 2 rings (SSSR count). The molecule has 0 aliphatic heterocycles. The zero-order chi connectivity index (χ0) is 16.1. The molecule has 1 N–H and O–H groups in total. The lowest BCUT2D eigenvalue weighted by Gasteiger charge is -2.05. The SMILES string of the molecule is Cc1ccc(NC(=O)/C=C/C(=O)c2ccc(Br)cc2)c(Br)c1. The van der Waals surface area contributed by atoms with Crippen LogP contribution >= 0.6 is 31.9 Å². The van der Waals surface area contributed by atoms with Gasteiger partial charge < -0.3 is 5.32 Å². The summed E-state index contributed by atoms with van der Waals surface area (Å²) in [7, 11) is 0. The lowest BCUT2D eigenvalue weighted by molar-refractivity contribution is -0.111. The fourth-order valence-corrected chi connectivity index (χ4v) is 2.61. The van der Waals surface area contributed by atoms with E-state index in [2.05, 4.69) is 37.2 Å². The van der Waals surface area contributed by atoms with Crippen molar-refractivity contribution in [1.29, 1.82) is 0 Å². The second kappa shape index (κ2) is 7.51. The molecule has 0 heterocycles. The van der Waals surface area contributed by atoms with Crippen LogP contribution in [-0.4, -0.2) is 11.7 Å². The summed E-state index contributed by atoms with van der Waals surface area (Å²) in [5, 5.41) is 2.72. The number of hydrogen-bond donors (Lipinski definition) is 1. The minimum absolute atomic E-state index is 0.217. The molecule has 0 bridgehead atoms. The van der Waals surface area contributed by atoms with Gasteiger partial charge in [0.15, 0.2) is 5.78 Å². The average Bonchev–Trinajstić information content (AvgIpc) is 2.48. The number of allylic oxidation sites excluding steroid dienone is 1. The van der Waals surface area contributed by atoms with Crippen molar-refractivity contribution in [3.63, 3.8) is 0 Å². The molecule has 0 spiro atoms. The molecule has 0 unspecified atom stereocenters. The number of amides is 1. The number of aryl methyl sites for hydroxylation is 1. The average molecular weight is 423 g/mol. The second-order valence-electron chi connectivity index (χ2n) is 4.68. The normalized spacial score (nSPS) is 10.7. The first-order chi connectivity index (χ1) is 10.5. The van der Waals surface area contributed by atoms with Gasteiger partial charge in [-0.05, 0) is 70.9 Å². The standard InChI is InChI=1S/C17H13Br2NO2/c1-11-2-7-15(14(19)10-11)20-17(22)9-8-16(21)12-3-5-13(18)6-4-12/h2-10H,1H3,(H,20,22)/b9-8+. The summed E-state index contributed by atoms with van der Waals surface area (Å²) in [6.45, 7) is 1.97. The molecule has 2 aromatic rings. The summed E-state index contributed by atoms with van der Waals surface area (Å²) in [5.74, 6) is -0.569. The summed E-state index contributed by atoms with van der Waals surface area (Å²) in [6, 6.07) is 12.6. The minimum atomic E-state index is -0.352. The van der Waals surface area contributed by atoms with Crippen LogP contribution in [-0.2, 0) is 4.79 Å². The molecule has 0 radical (unpaired) electrons. The number of nitrogens with one attached hydrogen (secondary N) is 1. The van der Waals surface area contributed by atoms with Crippen LogP contribution in [0, 0.1) is 6.92 Å². The Morgan fingerprint density at radius 3 is 2.32 bits per heavy atom. The Morgan fingerprint density at radius 1 is 1.00 bits per heavy atom. The van der Waals surface area contributed by atoms with Crippen LogP contribution < -0.4 is 5.32 Å². The highest BCUT2D eigenvalue weighted by molar-refractivity contribution is 9.10. The fraction of sp³-hybridized carbons (Fsp3) is 0.0588. The van der Waals surface area contributed by atoms with E-state index in [1.165, 1.54) is 12.2 Å². The molecule has 0 saturated heterocycles. The Balaban J connectivity index is 2.02. The second-order valence-corrected chi connectivity index (χ2v) is 6.45. The van der Waals surface area contributed by atoms with E-state index < -0.39 is 0 Å². The topological polar surface area (TPSA) is 46.2 Å². The highest BCUT2D eigenvalue weighted by atomic mass is 79.9. The summed E-state index contributed by atoms with van der Waals surface area (Å²) in [4.78, 5) is 23.8. The van der Waals surface area contributed by atoms with Crippen molar-refractivity contribution in [2.45, 2.75) is 6.92 Å². The minimum Gasteiger partial charge on any atom is -0.321 e. The zero-order valence-electron chi connectivity index (χ0n) is 11.8. The van der Waals surface area contributed by atoms with Gasteiger partial charge in [-0.15, -0.1) is 0 Å². The molecule has 0 fully saturated rings. The summed E-state index contributed by atoms with van der Waals surface area (Å²) < 4.78 is 1.70. The van der Waals surface area contributed by atoms with E-state index in [1.54, 1.807) is 24.3 Å². The Kier molecular flexibility index (Phi) is 5.69. The van der Waals surface area contributed by atoms with Gasteiger partial charge in [0, 0.05) is 20.6 Å².